The molecule has 6 heteroatoms. The molecule has 408 valence electrons. The number of rotatable bonds is 58. The number of carbonyl (C=O) groups excluding carboxylic acids is 2. The summed E-state index contributed by atoms with van der Waals surface area (Å²) in [6.45, 7) is 4.90. The van der Waals surface area contributed by atoms with Gasteiger partial charge >= 0.3 is 5.97 Å². The predicted octanol–water partition coefficient (Wildman–Crippen LogP) is 19.4. The van der Waals surface area contributed by atoms with Crippen LogP contribution in [0.4, 0.5) is 0 Å². The van der Waals surface area contributed by atoms with E-state index in [4.69, 9.17) is 4.74 Å². The Hall–Kier alpha value is -1.66. The van der Waals surface area contributed by atoms with E-state index >= 15 is 0 Å². The van der Waals surface area contributed by atoms with Crippen molar-refractivity contribution in [1.29, 1.82) is 0 Å². The molecule has 0 fully saturated rings. The summed E-state index contributed by atoms with van der Waals surface area (Å²) in [5, 5.41) is 23.0. The van der Waals surface area contributed by atoms with Crippen molar-refractivity contribution in [2.24, 2.45) is 0 Å². The molecular formula is C63H121NO5. The molecule has 0 spiro atoms. The number of ether oxygens (including phenoxy) is 1. The maximum Gasteiger partial charge on any atom is 0.305 e. The van der Waals surface area contributed by atoms with E-state index in [0.29, 0.717) is 19.4 Å². The Morgan fingerprint density at radius 1 is 0.391 bits per heavy atom. The standard InChI is InChI=1S/C63H121NO5/c1-3-5-7-9-11-13-15-16-17-31-34-37-41-45-49-53-57-63(68)69-58-54-50-46-42-38-35-32-29-27-25-23-21-19-18-20-22-24-26-28-30-33-36-40-44-48-52-56-62(67)64-60(59-65)61(66)55-51-47-43-39-14-12-10-8-6-4-2/h18,20,51,55,60-61,65-66H,3-17,19,21-50,52-54,56-59H2,1-2H3,(H,64,67)/b20-18-,55-51+. The topological polar surface area (TPSA) is 95.9 Å². The molecule has 6 nitrogen and oxygen atoms in total. The van der Waals surface area contributed by atoms with Gasteiger partial charge < -0.3 is 20.3 Å². The fourth-order valence-electron chi connectivity index (χ4n) is 9.69. The minimum atomic E-state index is -0.843. The van der Waals surface area contributed by atoms with Crippen LogP contribution in [0, 0.1) is 0 Å². The van der Waals surface area contributed by atoms with Gasteiger partial charge in [-0.3, -0.25) is 9.59 Å². The van der Waals surface area contributed by atoms with Crippen LogP contribution < -0.4 is 5.32 Å². The van der Waals surface area contributed by atoms with Crippen LogP contribution in [0.25, 0.3) is 0 Å². The Labute approximate surface area is 431 Å². The van der Waals surface area contributed by atoms with Gasteiger partial charge in [0, 0.05) is 12.8 Å². The second-order valence-corrected chi connectivity index (χ2v) is 21.4. The molecule has 0 saturated heterocycles. The minimum Gasteiger partial charge on any atom is -0.466 e. The lowest BCUT2D eigenvalue weighted by Crippen LogP contribution is -2.45. The maximum absolute atomic E-state index is 12.4. The quantitative estimate of drug-likeness (QED) is 0.0321. The Morgan fingerprint density at radius 3 is 1.03 bits per heavy atom. The van der Waals surface area contributed by atoms with Gasteiger partial charge in [-0.15, -0.1) is 0 Å². The second kappa shape index (κ2) is 58.9. The third-order valence-electron chi connectivity index (χ3n) is 14.5. The SMILES string of the molecule is CCCCCCCCCC/C=C/C(O)C(CO)NC(=O)CCCCCCCCCCCC/C=C\CCCCCCCCCCCCCCOC(=O)CCCCCCCCCCCCCCCCCC. The van der Waals surface area contributed by atoms with E-state index in [2.05, 4.69) is 31.3 Å². The number of aliphatic hydroxyl groups excluding tert-OH is 2. The minimum absolute atomic E-state index is 0.0175. The number of nitrogens with one attached hydrogen (secondary N) is 1. The summed E-state index contributed by atoms with van der Waals surface area (Å²) in [5.41, 5.74) is 0. The first-order valence-corrected chi connectivity index (χ1v) is 31.1. The number of hydrogen-bond acceptors (Lipinski definition) is 5. The van der Waals surface area contributed by atoms with Crippen molar-refractivity contribution >= 4 is 11.9 Å². The Kier molecular flexibility index (Phi) is 57.5. The molecule has 2 unspecified atom stereocenters. The summed E-state index contributed by atoms with van der Waals surface area (Å²) in [5.74, 6) is -0.0534. The van der Waals surface area contributed by atoms with Crippen LogP contribution in [0.3, 0.4) is 0 Å². The van der Waals surface area contributed by atoms with Crippen LogP contribution in [0.1, 0.15) is 341 Å². The van der Waals surface area contributed by atoms with E-state index in [1.165, 1.54) is 276 Å². The van der Waals surface area contributed by atoms with Gasteiger partial charge in [-0.05, 0) is 57.8 Å². The molecule has 3 N–H and O–H groups in total. The lowest BCUT2D eigenvalue weighted by atomic mass is 10.0. The van der Waals surface area contributed by atoms with E-state index in [1.807, 2.05) is 6.08 Å². The number of amides is 1. The lowest BCUT2D eigenvalue weighted by Gasteiger charge is -2.20. The molecule has 0 aliphatic carbocycles. The van der Waals surface area contributed by atoms with E-state index in [1.54, 1.807) is 6.08 Å². The molecule has 0 heterocycles. The van der Waals surface area contributed by atoms with Crippen molar-refractivity contribution in [3.63, 3.8) is 0 Å². The number of hydrogen-bond donors (Lipinski definition) is 3. The highest BCUT2D eigenvalue weighted by atomic mass is 16.5. The zero-order valence-corrected chi connectivity index (χ0v) is 46.6. The van der Waals surface area contributed by atoms with Gasteiger partial charge in [0.1, 0.15) is 0 Å². The normalized spacial score (nSPS) is 12.7. The van der Waals surface area contributed by atoms with E-state index < -0.39 is 12.1 Å². The molecule has 0 aliphatic rings. The smallest absolute Gasteiger partial charge is 0.305 e. The monoisotopic (exact) mass is 972 g/mol. The van der Waals surface area contributed by atoms with Gasteiger partial charge in [0.2, 0.25) is 5.91 Å². The summed E-state index contributed by atoms with van der Waals surface area (Å²) in [7, 11) is 0. The number of unbranched alkanes of at least 4 members (excludes halogenated alkanes) is 45. The molecule has 0 rings (SSSR count). The largest absolute Gasteiger partial charge is 0.466 e. The van der Waals surface area contributed by atoms with Crippen molar-refractivity contribution in [3.8, 4) is 0 Å². The van der Waals surface area contributed by atoms with Crippen molar-refractivity contribution in [1.82, 2.24) is 5.32 Å². The molecule has 2 atom stereocenters. The molecule has 69 heavy (non-hydrogen) atoms. The summed E-state index contributed by atoms with van der Waals surface area (Å²) in [6, 6.07) is -0.627. The number of allylic oxidation sites excluding steroid dienone is 3. The van der Waals surface area contributed by atoms with Crippen molar-refractivity contribution in [2.75, 3.05) is 13.2 Å². The van der Waals surface area contributed by atoms with E-state index in [0.717, 1.165) is 38.5 Å². The Morgan fingerprint density at radius 2 is 0.681 bits per heavy atom. The zero-order valence-electron chi connectivity index (χ0n) is 46.6. The first kappa shape index (κ1) is 67.3. The van der Waals surface area contributed by atoms with Gasteiger partial charge in [0.25, 0.3) is 0 Å². The maximum atomic E-state index is 12.4. The second-order valence-electron chi connectivity index (χ2n) is 21.4. The van der Waals surface area contributed by atoms with Gasteiger partial charge in [0.15, 0.2) is 0 Å². The first-order valence-electron chi connectivity index (χ1n) is 31.1. The molecule has 0 aromatic rings. The van der Waals surface area contributed by atoms with Crippen LogP contribution >= 0.6 is 0 Å². The highest BCUT2D eigenvalue weighted by Crippen LogP contribution is 2.17. The summed E-state index contributed by atoms with van der Waals surface area (Å²) in [6.07, 6.45) is 72.3. The third-order valence-corrected chi connectivity index (χ3v) is 14.5. The summed E-state index contributed by atoms with van der Waals surface area (Å²) >= 11 is 0. The third kappa shape index (κ3) is 55.5. The molecular weight excluding hydrogens is 851 g/mol. The van der Waals surface area contributed by atoms with Crippen LogP contribution in [0.2, 0.25) is 0 Å². The van der Waals surface area contributed by atoms with Gasteiger partial charge in [-0.2, -0.15) is 0 Å². The molecule has 0 aromatic heterocycles. The van der Waals surface area contributed by atoms with Crippen molar-refractivity contribution in [3.05, 3.63) is 24.3 Å². The first-order chi connectivity index (χ1) is 34.0. The van der Waals surface area contributed by atoms with Crippen molar-refractivity contribution < 1.29 is 24.5 Å². The molecule has 0 radical (unpaired) electrons. The van der Waals surface area contributed by atoms with Crippen molar-refractivity contribution in [2.45, 2.75) is 353 Å². The molecule has 0 aliphatic heterocycles. The molecule has 0 saturated carbocycles. The Bertz CT molecular complexity index is 1080. The van der Waals surface area contributed by atoms with Crippen LogP contribution in [0.5, 0.6) is 0 Å². The number of carbonyl (C=O) groups is 2. The fraction of sp³-hybridized carbons (Fsp3) is 0.905. The zero-order chi connectivity index (χ0) is 50.0. The fourth-order valence-corrected chi connectivity index (χ4v) is 9.69. The summed E-state index contributed by atoms with van der Waals surface area (Å²) in [4.78, 5) is 24.5. The van der Waals surface area contributed by atoms with E-state index in [9.17, 15) is 19.8 Å². The average molecular weight is 973 g/mol. The van der Waals surface area contributed by atoms with Crippen LogP contribution in [-0.2, 0) is 14.3 Å². The van der Waals surface area contributed by atoms with Gasteiger partial charge in [0.05, 0.1) is 25.4 Å². The highest BCUT2D eigenvalue weighted by molar-refractivity contribution is 5.76. The Balaban J connectivity index is 3.36. The van der Waals surface area contributed by atoms with Gasteiger partial charge in [-0.1, -0.05) is 295 Å². The van der Waals surface area contributed by atoms with Crippen LogP contribution in [-0.4, -0.2) is 47.4 Å². The molecule has 1 amide bonds. The predicted molar refractivity (Wildman–Crippen MR) is 301 cm³/mol. The molecule has 0 bridgehead atoms. The highest BCUT2D eigenvalue weighted by Gasteiger charge is 2.18. The average Bonchev–Trinajstić information content (AvgIpc) is 3.35. The lowest BCUT2D eigenvalue weighted by molar-refractivity contribution is -0.143. The number of aliphatic hydroxyl groups is 2. The van der Waals surface area contributed by atoms with E-state index in [-0.39, 0.29) is 18.5 Å². The number of esters is 1. The van der Waals surface area contributed by atoms with Gasteiger partial charge in [-0.25, -0.2) is 0 Å². The summed E-state index contributed by atoms with van der Waals surface area (Å²) < 4.78 is 5.49. The van der Waals surface area contributed by atoms with Crippen LogP contribution in [0.15, 0.2) is 24.3 Å². The molecule has 0 aromatic carbocycles.